The molecule has 16 heteroatoms. The molecule has 0 aromatic carbocycles. The average molecular weight is 705 g/mol. The van der Waals surface area contributed by atoms with Crippen molar-refractivity contribution in [3.05, 3.63) is 0 Å². The summed E-state index contributed by atoms with van der Waals surface area (Å²) in [4.78, 5) is 0. The van der Waals surface area contributed by atoms with Crippen LogP contribution in [0, 0.1) is 0 Å². The van der Waals surface area contributed by atoms with Crippen LogP contribution in [0.5, 0.6) is 0 Å². The van der Waals surface area contributed by atoms with Gasteiger partial charge in [-0.25, -0.2) is 0 Å². The third-order valence-corrected chi connectivity index (χ3v) is 33.8. The highest BCUT2D eigenvalue weighted by molar-refractivity contribution is 7.00. The fourth-order valence-electron chi connectivity index (χ4n) is 6.41. The molecule has 0 aliphatic carbocycles. The summed E-state index contributed by atoms with van der Waals surface area (Å²) in [5, 5.41) is -0.511. The van der Waals surface area contributed by atoms with Crippen LogP contribution in [0.1, 0.15) is 90.9 Å². The van der Waals surface area contributed by atoms with Crippen molar-refractivity contribution in [1.82, 2.24) is 0 Å². The van der Waals surface area contributed by atoms with Crippen molar-refractivity contribution in [2.45, 2.75) is 127 Å². The van der Waals surface area contributed by atoms with Crippen LogP contribution in [-0.2, 0) is 43.0 Å². The molecule has 0 spiro atoms. The predicted molar refractivity (Wildman–Crippen MR) is 181 cm³/mol. The van der Waals surface area contributed by atoms with Crippen LogP contribution in [0.15, 0.2) is 0 Å². The van der Waals surface area contributed by atoms with Gasteiger partial charge in [-0.1, -0.05) is 78.1 Å². The molecular weight excluding hydrogens is 641 g/mol. The summed E-state index contributed by atoms with van der Waals surface area (Å²) in [6.07, 6.45) is 12.9. The molecule has 0 saturated carbocycles. The van der Waals surface area contributed by atoms with Crippen LogP contribution in [-0.4, -0.2) is 96.0 Å². The molecule has 2 unspecified atom stereocenters. The largest absolute Gasteiger partial charge is 0.505 e. The lowest BCUT2D eigenvalue weighted by Crippen LogP contribution is -2.73. The molecule has 252 valence electrons. The van der Waals surface area contributed by atoms with Gasteiger partial charge in [-0.15, -0.1) is 0 Å². The molecule has 1 saturated heterocycles. The molecule has 42 heavy (non-hydrogen) atoms. The zero-order chi connectivity index (χ0) is 31.9. The Balaban J connectivity index is 3.95. The first-order chi connectivity index (χ1) is 19.9. The standard InChI is InChI=1S/C26H64O10Si6/c1-13-15-17-19-21-23-25(41(27-3,28-4)29-5)40(34-37-33-38(9,10)35-39(11,12)36-40)26(24-22-20-18-16-14-2)42(30-6,31-7)32-8/h25-26H,13-24,37H2,1-12H3. The van der Waals surface area contributed by atoms with E-state index in [1.807, 2.05) is 0 Å². The summed E-state index contributed by atoms with van der Waals surface area (Å²) in [5.74, 6) is 0. The first kappa shape index (κ1) is 40.9. The van der Waals surface area contributed by atoms with E-state index in [4.69, 9.17) is 43.0 Å². The quantitative estimate of drug-likeness (QED) is 0.0958. The molecule has 2 atom stereocenters. The molecule has 0 N–H and O–H groups in total. The van der Waals surface area contributed by atoms with Crippen LogP contribution in [0.2, 0.25) is 36.5 Å². The molecule has 1 fully saturated rings. The second-order valence-corrected chi connectivity index (χ2v) is 32.1. The summed E-state index contributed by atoms with van der Waals surface area (Å²) < 4.78 is 65.7. The molecule has 0 aromatic rings. The minimum Gasteiger partial charge on any atom is -0.420 e. The van der Waals surface area contributed by atoms with Crippen LogP contribution in [0.25, 0.3) is 0 Å². The van der Waals surface area contributed by atoms with Gasteiger partial charge < -0.3 is 43.0 Å². The van der Waals surface area contributed by atoms with Gasteiger partial charge in [0.15, 0.2) is 0 Å². The van der Waals surface area contributed by atoms with Gasteiger partial charge in [-0.05, 0) is 39.0 Å². The van der Waals surface area contributed by atoms with E-state index in [-0.39, 0.29) is 10.3 Å². The van der Waals surface area contributed by atoms with Gasteiger partial charge in [-0.3, -0.25) is 0 Å². The first-order valence-corrected chi connectivity index (χ1v) is 28.2. The molecule has 1 aliphatic rings. The van der Waals surface area contributed by atoms with Gasteiger partial charge >= 0.3 is 43.3 Å². The Bertz CT molecular complexity index is 673. The lowest BCUT2D eigenvalue weighted by molar-refractivity contribution is 0.100. The van der Waals surface area contributed by atoms with E-state index in [0.717, 1.165) is 38.5 Å². The van der Waals surface area contributed by atoms with Crippen molar-refractivity contribution in [1.29, 1.82) is 0 Å². The van der Waals surface area contributed by atoms with E-state index in [2.05, 4.69) is 40.0 Å². The average Bonchev–Trinajstić information content (AvgIpc) is 2.95. The summed E-state index contributed by atoms with van der Waals surface area (Å²) >= 11 is 0. The minimum absolute atomic E-state index is 0.256. The SMILES string of the molecule is CCCCCCCC([Si](OC)(OC)OC)[Si]1(C(CCCCCCC)[Si](OC)(OC)OC)O[SiH2]O[Si](C)(C)O[Si](C)(C)O1. The van der Waals surface area contributed by atoms with E-state index in [9.17, 15) is 0 Å². The van der Waals surface area contributed by atoms with Gasteiger partial charge in [-0.2, -0.15) is 0 Å². The number of unbranched alkanes of at least 4 members (excludes halogenated alkanes) is 8. The number of hydrogen-bond donors (Lipinski definition) is 0. The second kappa shape index (κ2) is 19.5. The Hall–Kier alpha value is 0.901. The van der Waals surface area contributed by atoms with Crippen molar-refractivity contribution in [2.75, 3.05) is 42.7 Å². The van der Waals surface area contributed by atoms with E-state index >= 15 is 0 Å². The lowest BCUT2D eigenvalue weighted by atomic mass is 10.1. The van der Waals surface area contributed by atoms with Gasteiger partial charge in [0.25, 0.3) is 10.0 Å². The predicted octanol–water partition coefficient (Wildman–Crippen LogP) is 6.21. The highest BCUT2D eigenvalue weighted by Crippen LogP contribution is 2.52. The van der Waals surface area contributed by atoms with Gasteiger partial charge in [0, 0.05) is 42.7 Å². The molecule has 0 radical (unpaired) electrons. The summed E-state index contributed by atoms with van der Waals surface area (Å²) in [5.41, 5.74) is 0. The van der Waals surface area contributed by atoms with Gasteiger partial charge in [0.1, 0.15) is 0 Å². The monoisotopic (exact) mass is 704 g/mol. The van der Waals surface area contributed by atoms with E-state index in [1.165, 1.54) is 38.5 Å². The molecule has 1 heterocycles. The van der Waals surface area contributed by atoms with Crippen molar-refractivity contribution in [3.63, 3.8) is 0 Å². The highest BCUT2D eigenvalue weighted by Gasteiger charge is 2.72. The lowest BCUT2D eigenvalue weighted by Gasteiger charge is -2.53. The minimum atomic E-state index is -3.49. The Morgan fingerprint density at radius 2 is 0.905 bits per heavy atom. The Morgan fingerprint density at radius 3 is 1.26 bits per heavy atom. The second-order valence-electron chi connectivity index (χ2n) is 12.1. The topological polar surface area (TPSA) is 92.3 Å². The van der Waals surface area contributed by atoms with E-state index in [1.54, 1.807) is 42.7 Å². The fraction of sp³-hybridized carbons (Fsp3) is 1.00. The number of rotatable bonds is 22. The molecule has 0 aromatic heterocycles. The van der Waals surface area contributed by atoms with Crippen molar-refractivity contribution in [3.8, 4) is 0 Å². The summed E-state index contributed by atoms with van der Waals surface area (Å²) in [7, 11) is -6.82. The summed E-state index contributed by atoms with van der Waals surface area (Å²) in [6.45, 7) is 12.8. The fourth-order valence-corrected chi connectivity index (χ4v) is 37.5. The van der Waals surface area contributed by atoms with Gasteiger partial charge in [0.05, 0.1) is 10.3 Å². The summed E-state index contributed by atoms with van der Waals surface area (Å²) in [6, 6.07) is 0. The van der Waals surface area contributed by atoms with Crippen molar-refractivity contribution < 1.29 is 43.0 Å². The van der Waals surface area contributed by atoms with E-state index < -0.39 is 53.3 Å². The third kappa shape index (κ3) is 11.0. The maximum atomic E-state index is 7.52. The first-order valence-electron chi connectivity index (χ1n) is 15.9. The van der Waals surface area contributed by atoms with Crippen molar-refractivity contribution >= 4 is 53.3 Å². The highest BCUT2D eigenvalue weighted by atomic mass is 28.5. The van der Waals surface area contributed by atoms with Crippen molar-refractivity contribution in [2.24, 2.45) is 0 Å². The molecule has 0 bridgehead atoms. The van der Waals surface area contributed by atoms with Crippen LogP contribution < -0.4 is 0 Å². The molecule has 0 amide bonds. The number of hydrogen-bond acceptors (Lipinski definition) is 10. The molecular formula is C26H64O10Si6. The zero-order valence-electron chi connectivity index (χ0n) is 28.9. The maximum absolute atomic E-state index is 7.52. The molecule has 1 aliphatic heterocycles. The smallest absolute Gasteiger partial charge is 0.420 e. The maximum Gasteiger partial charge on any atom is 0.505 e. The molecule has 10 nitrogen and oxygen atoms in total. The third-order valence-electron chi connectivity index (χ3n) is 8.31. The van der Waals surface area contributed by atoms with E-state index in [0.29, 0.717) is 0 Å². The van der Waals surface area contributed by atoms with Crippen LogP contribution in [0.3, 0.4) is 0 Å². The van der Waals surface area contributed by atoms with Crippen LogP contribution in [0.4, 0.5) is 0 Å². The van der Waals surface area contributed by atoms with Gasteiger partial charge in [0.2, 0.25) is 0 Å². The Labute approximate surface area is 265 Å². The Morgan fingerprint density at radius 1 is 0.524 bits per heavy atom. The normalized spacial score (nSPS) is 23.4. The Kier molecular flexibility index (Phi) is 19.0. The zero-order valence-corrected chi connectivity index (χ0v) is 35.3. The molecule has 1 rings (SSSR count). The van der Waals surface area contributed by atoms with Crippen LogP contribution >= 0.6 is 0 Å².